The minimum atomic E-state index is -0.411. The third-order valence-corrected chi connectivity index (χ3v) is 4.37. The molecule has 18 heavy (non-hydrogen) atoms. The van der Waals surface area contributed by atoms with Gasteiger partial charge in [-0.1, -0.05) is 29.9 Å². The summed E-state index contributed by atoms with van der Waals surface area (Å²) in [5, 5.41) is 1.08. The fourth-order valence-corrected chi connectivity index (χ4v) is 3.03. The van der Waals surface area contributed by atoms with Crippen molar-refractivity contribution < 1.29 is 9.53 Å². The molecule has 1 aromatic heterocycles. The molecule has 0 bridgehead atoms. The summed E-state index contributed by atoms with van der Waals surface area (Å²) in [6, 6.07) is 0. The molecule has 1 heterocycles. The van der Waals surface area contributed by atoms with Crippen molar-refractivity contribution in [2.75, 3.05) is 25.1 Å². The second-order valence-electron chi connectivity index (χ2n) is 4.50. The van der Waals surface area contributed by atoms with Crippen LogP contribution < -0.4 is 4.90 Å². The van der Waals surface area contributed by atoms with Gasteiger partial charge in [0.1, 0.15) is 0 Å². The Kier molecular flexibility index (Phi) is 4.45. The van der Waals surface area contributed by atoms with E-state index >= 15 is 0 Å². The first kappa shape index (κ1) is 13.6. The molecule has 100 valence electrons. The highest BCUT2D eigenvalue weighted by Crippen LogP contribution is 2.35. The molecule has 2 rings (SSSR count). The summed E-state index contributed by atoms with van der Waals surface area (Å²) in [5.41, 5.74) is 0. The lowest BCUT2D eigenvalue weighted by Gasteiger charge is -2.20. The molecule has 6 heteroatoms. The zero-order valence-corrected chi connectivity index (χ0v) is 12.2. The first-order valence-electron chi connectivity index (χ1n) is 6.15. The van der Waals surface area contributed by atoms with Crippen LogP contribution in [-0.2, 0) is 4.74 Å². The van der Waals surface area contributed by atoms with Crippen LogP contribution in [0.3, 0.4) is 0 Å². The van der Waals surface area contributed by atoms with Gasteiger partial charge in [-0.3, -0.25) is 0 Å². The summed E-state index contributed by atoms with van der Waals surface area (Å²) in [6.07, 6.45) is 3.64. The second kappa shape index (κ2) is 5.89. The van der Waals surface area contributed by atoms with Gasteiger partial charge >= 0.3 is 5.97 Å². The van der Waals surface area contributed by atoms with Crippen LogP contribution in [0.1, 0.15) is 35.9 Å². The van der Waals surface area contributed by atoms with Gasteiger partial charge in [-0.25, -0.2) is 9.78 Å². The number of esters is 1. The zero-order valence-electron chi connectivity index (χ0n) is 10.6. The zero-order chi connectivity index (χ0) is 13.1. The van der Waals surface area contributed by atoms with Gasteiger partial charge in [0.2, 0.25) is 0 Å². The van der Waals surface area contributed by atoms with E-state index in [4.69, 9.17) is 16.3 Å². The number of rotatable bonds is 6. The summed E-state index contributed by atoms with van der Waals surface area (Å²) in [6.45, 7) is 4.09. The predicted molar refractivity (Wildman–Crippen MR) is 73.7 cm³/mol. The van der Waals surface area contributed by atoms with Crippen molar-refractivity contribution in [2.24, 2.45) is 5.92 Å². The molecule has 0 amide bonds. The maximum absolute atomic E-state index is 11.5. The minimum Gasteiger partial charge on any atom is -0.465 e. The number of carbonyl (C=O) groups is 1. The molecule has 0 unspecified atom stereocenters. The summed E-state index contributed by atoms with van der Waals surface area (Å²) in [5.74, 6) is 0.368. The maximum Gasteiger partial charge on any atom is 0.351 e. The first-order valence-corrected chi connectivity index (χ1v) is 7.34. The molecule has 1 aliphatic carbocycles. The Labute approximate surface area is 116 Å². The van der Waals surface area contributed by atoms with Gasteiger partial charge in [0.25, 0.3) is 0 Å². The lowest BCUT2D eigenvalue weighted by molar-refractivity contribution is 0.0606. The summed E-state index contributed by atoms with van der Waals surface area (Å²) >= 11 is 7.31. The van der Waals surface area contributed by atoms with Crippen molar-refractivity contribution in [1.82, 2.24) is 4.98 Å². The van der Waals surface area contributed by atoms with Crippen LogP contribution in [-0.4, -0.2) is 31.2 Å². The molecule has 1 aliphatic rings. The van der Waals surface area contributed by atoms with Crippen molar-refractivity contribution in [3.05, 3.63) is 10.0 Å². The Bertz CT molecular complexity index is 432. The third kappa shape index (κ3) is 3.14. The molecule has 1 saturated carbocycles. The van der Waals surface area contributed by atoms with Gasteiger partial charge in [-0.15, -0.1) is 0 Å². The van der Waals surface area contributed by atoms with Crippen LogP contribution >= 0.6 is 22.9 Å². The third-order valence-electron chi connectivity index (χ3n) is 2.88. The van der Waals surface area contributed by atoms with E-state index in [0.29, 0.717) is 4.88 Å². The van der Waals surface area contributed by atoms with E-state index in [0.717, 1.165) is 30.6 Å². The molecule has 1 aromatic rings. The normalized spacial score (nSPS) is 14.6. The lowest BCUT2D eigenvalue weighted by atomic mass is 10.3. The SMILES string of the molecule is CCCN(CC1CC1)c1nc(Cl)c(C(=O)OC)s1. The number of ether oxygens (including phenoxy) is 1. The molecule has 0 spiro atoms. The van der Waals surface area contributed by atoms with Gasteiger partial charge in [0, 0.05) is 13.1 Å². The number of hydrogen-bond acceptors (Lipinski definition) is 5. The van der Waals surface area contributed by atoms with E-state index in [1.54, 1.807) is 0 Å². The van der Waals surface area contributed by atoms with Crippen molar-refractivity contribution >= 4 is 34.0 Å². The summed E-state index contributed by atoms with van der Waals surface area (Å²) in [4.78, 5) is 18.4. The Morgan fingerprint density at radius 2 is 2.33 bits per heavy atom. The molecule has 0 N–H and O–H groups in total. The number of halogens is 1. The quantitative estimate of drug-likeness (QED) is 0.754. The largest absolute Gasteiger partial charge is 0.465 e. The molecule has 0 atom stereocenters. The number of carbonyl (C=O) groups excluding carboxylic acids is 1. The smallest absolute Gasteiger partial charge is 0.351 e. The van der Waals surface area contributed by atoms with E-state index in [-0.39, 0.29) is 5.15 Å². The van der Waals surface area contributed by atoms with Gasteiger partial charge in [0.05, 0.1) is 7.11 Å². The van der Waals surface area contributed by atoms with Crippen LogP contribution in [0.4, 0.5) is 5.13 Å². The number of nitrogens with zero attached hydrogens (tertiary/aromatic N) is 2. The highest BCUT2D eigenvalue weighted by Gasteiger charge is 2.27. The molecular weight excluding hydrogens is 272 g/mol. The van der Waals surface area contributed by atoms with Gasteiger partial charge in [0.15, 0.2) is 15.2 Å². The summed E-state index contributed by atoms with van der Waals surface area (Å²) < 4.78 is 4.69. The molecule has 0 saturated heterocycles. The molecule has 0 aliphatic heterocycles. The topological polar surface area (TPSA) is 42.4 Å². The van der Waals surface area contributed by atoms with Crippen LogP contribution in [0.2, 0.25) is 5.15 Å². The van der Waals surface area contributed by atoms with Gasteiger partial charge < -0.3 is 9.64 Å². The lowest BCUT2D eigenvalue weighted by Crippen LogP contribution is -2.26. The number of anilines is 1. The average Bonchev–Trinajstić information content (AvgIpc) is 3.09. The van der Waals surface area contributed by atoms with Crippen LogP contribution in [0.25, 0.3) is 0 Å². The van der Waals surface area contributed by atoms with Crippen LogP contribution in [0, 0.1) is 5.92 Å². The fourth-order valence-electron chi connectivity index (χ4n) is 1.79. The second-order valence-corrected chi connectivity index (χ2v) is 5.83. The van der Waals surface area contributed by atoms with E-state index in [1.165, 1.54) is 31.3 Å². The summed E-state index contributed by atoms with van der Waals surface area (Å²) in [7, 11) is 1.35. The Hall–Kier alpha value is -0.810. The number of thiazole rings is 1. The monoisotopic (exact) mass is 288 g/mol. The van der Waals surface area contributed by atoms with Crippen LogP contribution in [0.15, 0.2) is 0 Å². The Morgan fingerprint density at radius 3 is 2.89 bits per heavy atom. The highest BCUT2D eigenvalue weighted by atomic mass is 35.5. The standard InChI is InChI=1S/C12H17ClN2O2S/c1-3-6-15(7-8-4-5-8)12-14-10(13)9(18-12)11(16)17-2/h8H,3-7H2,1-2H3. The number of hydrogen-bond donors (Lipinski definition) is 0. The molecule has 1 fully saturated rings. The number of aromatic nitrogens is 1. The van der Waals surface area contributed by atoms with E-state index in [2.05, 4.69) is 16.8 Å². The van der Waals surface area contributed by atoms with E-state index in [9.17, 15) is 4.79 Å². The van der Waals surface area contributed by atoms with E-state index < -0.39 is 5.97 Å². The van der Waals surface area contributed by atoms with Crippen molar-refractivity contribution in [2.45, 2.75) is 26.2 Å². The van der Waals surface area contributed by atoms with Crippen molar-refractivity contribution in [3.63, 3.8) is 0 Å². The Balaban J connectivity index is 2.15. The molecule has 0 aromatic carbocycles. The van der Waals surface area contributed by atoms with E-state index in [1.807, 2.05) is 0 Å². The molecular formula is C12H17ClN2O2S. The van der Waals surface area contributed by atoms with Crippen molar-refractivity contribution in [3.8, 4) is 0 Å². The number of methoxy groups -OCH3 is 1. The minimum absolute atomic E-state index is 0.249. The predicted octanol–water partition coefficient (Wildman–Crippen LogP) is 3.21. The van der Waals surface area contributed by atoms with Crippen molar-refractivity contribution in [1.29, 1.82) is 0 Å². The average molecular weight is 289 g/mol. The highest BCUT2D eigenvalue weighted by molar-refractivity contribution is 7.18. The molecule has 4 nitrogen and oxygen atoms in total. The fraction of sp³-hybridized carbons (Fsp3) is 0.667. The Morgan fingerprint density at radius 1 is 1.61 bits per heavy atom. The van der Waals surface area contributed by atoms with Gasteiger partial charge in [-0.2, -0.15) is 0 Å². The van der Waals surface area contributed by atoms with Gasteiger partial charge in [-0.05, 0) is 25.2 Å². The molecule has 0 radical (unpaired) electrons. The van der Waals surface area contributed by atoms with Crippen LogP contribution in [0.5, 0.6) is 0 Å². The maximum atomic E-state index is 11.5. The first-order chi connectivity index (χ1) is 8.65.